The highest BCUT2D eigenvalue weighted by Gasteiger charge is 2.34. The van der Waals surface area contributed by atoms with Crippen molar-refractivity contribution in [2.75, 3.05) is 14.2 Å². The molecule has 0 aromatic rings. The second-order valence-electron chi connectivity index (χ2n) is 4.37. The smallest absolute Gasteiger partial charge is 0.337 e. The third-order valence-electron chi connectivity index (χ3n) is 3.16. The van der Waals surface area contributed by atoms with Gasteiger partial charge in [0.2, 0.25) is 0 Å². The Hall–Kier alpha value is -1.04. The number of carbonyl (C=O) groups excluding carboxylic acids is 2. The summed E-state index contributed by atoms with van der Waals surface area (Å²) in [5.74, 6) is 0.0777. The molecule has 108 valence electrons. The quantitative estimate of drug-likeness (QED) is 0.408. The summed E-state index contributed by atoms with van der Waals surface area (Å²) in [5.41, 5.74) is 0. The SMILES string of the molecule is C=CC(=O)CCC[Si](CCCC(=O)C=C)(OC)OC. The molecule has 0 spiro atoms. The molecule has 19 heavy (non-hydrogen) atoms. The monoisotopic (exact) mass is 284 g/mol. The maximum atomic E-state index is 11.2. The first-order valence-electron chi connectivity index (χ1n) is 6.44. The molecule has 0 N–H and O–H groups in total. The second-order valence-corrected chi connectivity index (χ2v) is 8.00. The van der Waals surface area contributed by atoms with E-state index in [1.807, 2.05) is 0 Å². The van der Waals surface area contributed by atoms with E-state index in [1.54, 1.807) is 14.2 Å². The van der Waals surface area contributed by atoms with Gasteiger partial charge in [-0.1, -0.05) is 13.2 Å². The molecular formula is C14H24O4Si. The molecule has 0 saturated carbocycles. The van der Waals surface area contributed by atoms with E-state index in [2.05, 4.69) is 13.2 Å². The average Bonchev–Trinajstić information content (AvgIpc) is 2.45. The summed E-state index contributed by atoms with van der Waals surface area (Å²) < 4.78 is 11.1. The van der Waals surface area contributed by atoms with Gasteiger partial charge in [0.1, 0.15) is 0 Å². The van der Waals surface area contributed by atoms with E-state index in [0.29, 0.717) is 12.8 Å². The van der Waals surface area contributed by atoms with Gasteiger partial charge in [-0.3, -0.25) is 9.59 Å². The Kier molecular flexibility index (Phi) is 9.29. The van der Waals surface area contributed by atoms with Crippen LogP contribution in [0.1, 0.15) is 25.7 Å². The molecule has 0 aromatic carbocycles. The number of rotatable bonds is 12. The summed E-state index contributed by atoms with van der Waals surface area (Å²) in [4.78, 5) is 22.4. The molecule has 0 aliphatic rings. The average molecular weight is 284 g/mol. The highest BCUT2D eigenvalue weighted by molar-refractivity contribution is 6.67. The van der Waals surface area contributed by atoms with E-state index >= 15 is 0 Å². The van der Waals surface area contributed by atoms with Crippen LogP contribution in [-0.4, -0.2) is 34.3 Å². The molecule has 0 aromatic heterocycles. The Morgan fingerprint density at radius 1 is 0.947 bits per heavy atom. The van der Waals surface area contributed by atoms with Gasteiger partial charge < -0.3 is 8.85 Å². The molecule has 0 bridgehead atoms. The van der Waals surface area contributed by atoms with Gasteiger partial charge in [0.15, 0.2) is 11.6 Å². The molecule has 5 heteroatoms. The van der Waals surface area contributed by atoms with Gasteiger partial charge in [-0.15, -0.1) is 0 Å². The summed E-state index contributed by atoms with van der Waals surface area (Å²) in [6.45, 7) is 6.89. The van der Waals surface area contributed by atoms with Crippen LogP contribution in [0, 0.1) is 0 Å². The molecule has 0 heterocycles. The van der Waals surface area contributed by atoms with Gasteiger partial charge in [-0.25, -0.2) is 0 Å². The van der Waals surface area contributed by atoms with Crippen LogP contribution < -0.4 is 0 Å². The fourth-order valence-electron chi connectivity index (χ4n) is 1.88. The zero-order valence-corrected chi connectivity index (χ0v) is 12.9. The lowest BCUT2D eigenvalue weighted by Crippen LogP contribution is -2.40. The van der Waals surface area contributed by atoms with Gasteiger partial charge in [-0.05, 0) is 37.1 Å². The normalized spacial score (nSPS) is 11.1. The predicted molar refractivity (Wildman–Crippen MR) is 78.3 cm³/mol. The molecular weight excluding hydrogens is 260 g/mol. The zero-order valence-electron chi connectivity index (χ0n) is 11.9. The molecule has 0 fully saturated rings. The van der Waals surface area contributed by atoms with Crippen molar-refractivity contribution in [1.82, 2.24) is 0 Å². The second kappa shape index (κ2) is 9.83. The van der Waals surface area contributed by atoms with Crippen molar-refractivity contribution in [3.05, 3.63) is 25.3 Å². The third kappa shape index (κ3) is 7.20. The lowest BCUT2D eigenvalue weighted by molar-refractivity contribution is -0.115. The van der Waals surface area contributed by atoms with Crippen LogP contribution in [-0.2, 0) is 18.4 Å². The van der Waals surface area contributed by atoms with Crippen LogP contribution in [0.25, 0.3) is 0 Å². The lowest BCUT2D eigenvalue weighted by atomic mass is 10.2. The van der Waals surface area contributed by atoms with Gasteiger partial charge in [0, 0.05) is 27.1 Å². The molecule has 0 unspecified atom stereocenters. The van der Waals surface area contributed by atoms with Gasteiger partial charge >= 0.3 is 8.56 Å². The van der Waals surface area contributed by atoms with E-state index in [0.717, 1.165) is 24.9 Å². The van der Waals surface area contributed by atoms with Crippen molar-refractivity contribution in [3.63, 3.8) is 0 Å². The summed E-state index contributed by atoms with van der Waals surface area (Å²) in [6.07, 6.45) is 5.08. The van der Waals surface area contributed by atoms with Crippen molar-refractivity contribution in [2.24, 2.45) is 0 Å². The van der Waals surface area contributed by atoms with Gasteiger partial charge in [-0.2, -0.15) is 0 Å². The van der Waals surface area contributed by atoms with Crippen LogP contribution >= 0.6 is 0 Å². The Labute approximate surface area is 116 Å². The molecule has 0 saturated heterocycles. The predicted octanol–water partition coefficient (Wildman–Crippen LogP) is 2.79. The summed E-state index contributed by atoms with van der Waals surface area (Å²) >= 11 is 0. The van der Waals surface area contributed by atoms with E-state index in [4.69, 9.17) is 8.85 Å². The maximum absolute atomic E-state index is 11.2. The summed E-state index contributed by atoms with van der Waals surface area (Å²) in [7, 11) is 1.00. The van der Waals surface area contributed by atoms with E-state index in [-0.39, 0.29) is 11.6 Å². The standard InChI is InChI=1S/C14H24O4Si/c1-5-13(15)9-7-11-19(17-3,18-4)12-8-10-14(16)6-2/h5-6H,1-2,7-12H2,3-4H3. The lowest BCUT2D eigenvalue weighted by Gasteiger charge is -2.27. The molecule has 0 rings (SSSR count). The first kappa shape index (κ1) is 18.0. The van der Waals surface area contributed by atoms with Gasteiger partial charge in [0.05, 0.1) is 0 Å². The van der Waals surface area contributed by atoms with Crippen molar-refractivity contribution in [3.8, 4) is 0 Å². The summed E-state index contributed by atoms with van der Waals surface area (Å²) in [6, 6.07) is 1.50. The van der Waals surface area contributed by atoms with E-state index < -0.39 is 8.56 Å². The molecule has 0 aliphatic carbocycles. The Morgan fingerprint density at radius 2 is 1.32 bits per heavy atom. The topological polar surface area (TPSA) is 52.6 Å². The summed E-state index contributed by atoms with van der Waals surface area (Å²) in [5, 5.41) is 0. The minimum Gasteiger partial charge on any atom is -0.398 e. The first-order valence-corrected chi connectivity index (χ1v) is 8.67. The van der Waals surface area contributed by atoms with Crippen molar-refractivity contribution >= 4 is 20.1 Å². The zero-order chi connectivity index (χ0) is 14.7. The Morgan fingerprint density at radius 3 is 1.58 bits per heavy atom. The fourth-order valence-corrected chi connectivity index (χ4v) is 4.55. The van der Waals surface area contributed by atoms with Crippen LogP contribution in [0.5, 0.6) is 0 Å². The highest BCUT2D eigenvalue weighted by Crippen LogP contribution is 2.23. The molecule has 0 radical (unpaired) electrons. The molecule has 4 nitrogen and oxygen atoms in total. The molecule has 0 amide bonds. The van der Waals surface area contributed by atoms with Crippen LogP contribution in [0.3, 0.4) is 0 Å². The minimum absolute atomic E-state index is 0.0388. The number of allylic oxidation sites excluding steroid dienone is 2. The Bertz CT molecular complexity index is 293. The van der Waals surface area contributed by atoms with Crippen molar-refractivity contribution < 1.29 is 18.4 Å². The molecule has 0 aliphatic heterocycles. The minimum atomic E-state index is -2.28. The first-order chi connectivity index (χ1) is 9.03. The number of ketones is 2. The van der Waals surface area contributed by atoms with Crippen LogP contribution in [0.2, 0.25) is 12.1 Å². The number of hydrogen-bond donors (Lipinski definition) is 0. The largest absolute Gasteiger partial charge is 0.398 e. The van der Waals surface area contributed by atoms with Crippen LogP contribution in [0.15, 0.2) is 25.3 Å². The van der Waals surface area contributed by atoms with Gasteiger partial charge in [0.25, 0.3) is 0 Å². The maximum Gasteiger partial charge on any atom is 0.337 e. The fraction of sp³-hybridized carbons (Fsp3) is 0.571. The van der Waals surface area contributed by atoms with Crippen molar-refractivity contribution in [1.29, 1.82) is 0 Å². The van der Waals surface area contributed by atoms with Crippen LogP contribution in [0.4, 0.5) is 0 Å². The third-order valence-corrected chi connectivity index (χ3v) is 6.88. The van der Waals surface area contributed by atoms with E-state index in [1.165, 1.54) is 12.2 Å². The number of carbonyl (C=O) groups is 2. The molecule has 0 atom stereocenters. The van der Waals surface area contributed by atoms with Crippen molar-refractivity contribution in [2.45, 2.75) is 37.8 Å². The Balaban J connectivity index is 4.24. The van der Waals surface area contributed by atoms with E-state index in [9.17, 15) is 9.59 Å². The highest BCUT2D eigenvalue weighted by atomic mass is 28.4. The number of hydrogen-bond acceptors (Lipinski definition) is 4.